The van der Waals surface area contributed by atoms with E-state index in [0.717, 1.165) is 28.4 Å². The van der Waals surface area contributed by atoms with Crippen LogP contribution in [0.4, 0.5) is 11.4 Å². The molecular formula is C15H15N3. The average Bonchev–Trinajstić information content (AvgIpc) is 2.39. The van der Waals surface area contributed by atoms with Crippen molar-refractivity contribution in [2.45, 2.75) is 12.5 Å². The molecule has 0 fully saturated rings. The summed E-state index contributed by atoms with van der Waals surface area (Å²) in [5.74, 6) is 0. The molecule has 3 heteroatoms. The van der Waals surface area contributed by atoms with Crippen LogP contribution in [0.5, 0.6) is 0 Å². The van der Waals surface area contributed by atoms with Crippen LogP contribution in [-0.2, 0) is 0 Å². The average molecular weight is 237 g/mol. The molecular weight excluding hydrogens is 222 g/mol. The van der Waals surface area contributed by atoms with Gasteiger partial charge in [-0.05, 0) is 47.5 Å². The Bertz CT molecular complexity index is 687. The molecule has 0 spiro atoms. The monoisotopic (exact) mass is 237 g/mol. The van der Waals surface area contributed by atoms with Gasteiger partial charge in [-0.15, -0.1) is 0 Å². The molecule has 0 saturated carbocycles. The van der Waals surface area contributed by atoms with Crippen molar-refractivity contribution in [3.8, 4) is 0 Å². The summed E-state index contributed by atoms with van der Waals surface area (Å²) < 4.78 is 0. The minimum absolute atomic E-state index is 0.182. The van der Waals surface area contributed by atoms with E-state index in [0.29, 0.717) is 0 Å². The molecule has 2 aromatic rings. The maximum atomic E-state index is 5.77. The summed E-state index contributed by atoms with van der Waals surface area (Å²) in [5.41, 5.74) is 14.2. The summed E-state index contributed by atoms with van der Waals surface area (Å²) in [6, 6.07) is 13.9. The molecule has 18 heavy (non-hydrogen) atoms. The SMILES string of the molecule is Nc1ccc(C2CC=c3cc(N)ccc3=N2)cc1. The smallest absolute Gasteiger partial charge is 0.0791 e. The van der Waals surface area contributed by atoms with Gasteiger partial charge in [-0.1, -0.05) is 18.2 Å². The number of nitrogens with two attached hydrogens (primary N) is 2. The number of benzene rings is 2. The third-order valence-electron chi connectivity index (χ3n) is 3.23. The van der Waals surface area contributed by atoms with Gasteiger partial charge in [0.1, 0.15) is 0 Å². The van der Waals surface area contributed by atoms with Crippen LogP contribution in [0.3, 0.4) is 0 Å². The van der Waals surface area contributed by atoms with Gasteiger partial charge in [-0.2, -0.15) is 0 Å². The van der Waals surface area contributed by atoms with Crippen LogP contribution in [0.15, 0.2) is 47.5 Å². The van der Waals surface area contributed by atoms with Gasteiger partial charge in [0.2, 0.25) is 0 Å². The summed E-state index contributed by atoms with van der Waals surface area (Å²) in [5, 5.41) is 2.14. The Morgan fingerprint density at radius 2 is 1.67 bits per heavy atom. The molecule has 0 aliphatic carbocycles. The Kier molecular flexibility index (Phi) is 2.52. The zero-order valence-electron chi connectivity index (χ0n) is 10.0. The Balaban J connectivity index is 2.03. The fourth-order valence-electron chi connectivity index (χ4n) is 2.24. The summed E-state index contributed by atoms with van der Waals surface area (Å²) in [6.45, 7) is 0. The van der Waals surface area contributed by atoms with E-state index in [2.05, 4.69) is 6.08 Å². The van der Waals surface area contributed by atoms with Crippen LogP contribution in [0.25, 0.3) is 6.08 Å². The van der Waals surface area contributed by atoms with Crippen LogP contribution in [0.2, 0.25) is 0 Å². The van der Waals surface area contributed by atoms with E-state index in [1.807, 2.05) is 42.5 Å². The molecule has 90 valence electrons. The predicted octanol–water partition coefficient (Wildman–Crippen LogP) is 1.40. The van der Waals surface area contributed by atoms with Gasteiger partial charge < -0.3 is 11.5 Å². The highest BCUT2D eigenvalue weighted by Crippen LogP contribution is 2.23. The summed E-state index contributed by atoms with van der Waals surface area (Å²) in [6.07, 6.45) is 3.10. The zero-order valence-corrected chi connectivity index (χ0v) is 10.0. The molecule has 0 saturated heterocycles. The fourth-order valence-corrected chi connectivity index (χ4v) is 2.24. The highest BCUT2D eigenvalue weighted by Gasteiger charge is 2.11. The van der Waals surface area contributed by atoms with Crippen molar-refractivity contribution < 1.29 is 0 Å². The van der Waals surface area contributed by atoms with Crippen LogP contribution in [0, 0.1) is 0 Å². The number of rotatable bonds is 1. The van der Waals surface area contributed by atoms with E-state index >= 15 is 0 Å². The number of nitrogen functional groups attached to an aromatic ring is 2. The van der Waals surface area contributed by atoms with Crippen molar-refractivity contribution in [1.82, 2.24) is 0 Å². The van der Waals surface area contributed by atoms with Gasteiger partial charge in [0.25, 0.3) is 0 Å². The Hall–Kier alpha value is -2.29. The Labute approximate surface area is 105 Å². The molecule has 3 rings (SSSR count). The fraction of sp³-hybridized carbons (Fsp3) is 0.133. The standard InChI is InChI=1S/C15H15N3/c16-12-4-1-10(2-5-12)14-7-3-11-9-13(17)6-8-15(11)18-14/h1-6,8-9,14H,7,16-17H2. The zero-order chi connectivity index (χ0) is 12.5. The summed E-state index contributed by atoms with van der Waals surface area (Å²) in [7, 11) is 0. The maximum Gasteiger partial charge on any atom is 0.0791 e. The van der Waals surface area contributed by atoms with Gasteiger partial charge >= 0.3 is 0 Å². The second kappa shape index (κ2) is 4.18. The second-order valence-corrected chi connectivity index (χ2v) is 4.57. The summed E-state index contributed by atoms with van der Waals surface area (Å²) in [4.78, 5) is 4.76. The van der Waals surface area contributed by atoms with Crippen LogP contribution in [0.1, 0.15) is 18.0 Å². The van der Waals surface area contributed by atoms with E-state index in [4.69, 9.17) is 16.5 Å². The minimum Gasteiger partial charge on any atom is -0.399 e. The number of hydrogen-bond acceptors (Lipinski definition) is 3. The van der Waals surface area contributed by atoms with Crippen LogP contribution >= 0.6 is 0 Å². The molecule has 1 heterocycles. The van der Waals surface area contributed by atoms with Crippen molar-refractivity contribution in [2.24, 2.45) is 4.99 Å². The molecule has 1 unspecified atom stereocenters. The minimum atomic E-state index is 0.182. The van der Waals surface area contributed by atoms with Gasteiger partial charge in [0, 0.05) is 11.4 Å². The lowest BCUT2D eigenvalue weighted by molar-refractivity contribution is 0.723. The predicted molar refractivity (Wildman–Crippen MR) is 74.3 cm³/mol. The quantitative estimate of drug-likeness (QED) is 0.736. The van der Waals surface area contributed by atoms with E-state index in [9.17, 15) is 0 Å². The maximum absolute atomic E-state index is 5.77. The normalized spacial score (nSPS) is 17.4. The molecule has 0 radical (unpaired) electrons. The number of hydrogen-bond donors (Lipinski definition) is 2. The molecule has 4 N–H and O–H groups in total. The van der Waals surface area contributed by atoms with E-state index in [1.54, 1.807) is 0 Å². The first kappa shape index (κ1) is 10.8. The second-order valence-electron chi connectivity index (χ2n) is 4.57. The third kappa shape index (κ3) is 1.95. The van der Waals surface area contributed by atoms with Gasteiger partial charge in [0.05, 0.1) is 11.4 Å². The van der Waals surface area contributed by atoms with Crippen molar-refractivity contribution in [3.05, 3.63) is 58.6 Å². The summed E-state index contributed by atoms with van der Waals surface area (Å²) >= 11 is 0. The highest BCUT2D eigenvalue weighted by atomic mass is 14.8. The molecule has 0 aromatic heterocycles. The van der Waals surface area contributed by atoms with E-state index < -0.39 is 0 Å². The Morgan fingerprint density at radius 1 is 0.944 bits per heavy atom. The van der Waals surface area contributed by atoms with Crippen molar-refractivity contribution in [2.75, 3.05) is 11.5 Å². The van der Waals surface area contributed by atoms with E-state index in [-0.39, 0.29) is 6.04 Å². The molecule has 1 aliphatic rings. The van der Waals surface area contributed by atoms with Crippen molar-refractivity contribution in [1.29, 1.82) is 0 Å². The molecule has 3 nitrogen and oxygen atoms in total. The Morgan fingerprint density at radius 3 is 2.44 bits per heavy atom. The first-order valence-electron chi connectivity index (χ1n) is 6.01. The molecule has 2 aromatic carbocycles. The first-order chi connectivity index (χ1) is 8.72. The molecule has 1 atom stereocenters. The van der Waals surface area contributed by atoms with Crippen molar-refractivity contribution in [3.63, 3.8) is 0 Å². The van der Waals surface area contributed by atoms with E-state index in [1.165, 1.54) is 5.56 Å². The largest absolute Gasteiger partial charge is 0.399 e. The van der Waals surface area contributed by atoms with Crippen molar-refractivity contribution >= 4 is 17.5 Å². The lowest BCUT2D eigenvalue weighted by Crippen LogP contribution is -2.29. The van der Waals surface area contributed by atoms with Gasteiger partial charge in [-0.3, -0.25) is 4.99 Å². The number of anilines is 2. The van der Waals surface area contributed by atoms with Crippen LogP contribution in [-0.4, -0.2) is 0 Å². The van der Waals surface area contributed by atoms with Gasteiger partial charge in [0.15, 0.2) is 0 Å². The number of nitrogens with zero attached hydrogens (tertiary/aromatic N) is 1. The lowest BCUT2D eigenvalue weighted by Gasteiger charge is -2.14. The lowest BCUT2D eigenvalue weighted by atomic mass is 10.0. The third-order valence-corrected chi connectivity index (χ3v) is 3.23. The molecule has 0 bridgehead atoms. The molecule has 0 amide bonds. The molecule has 1 aliphatic heterocycles. The van der Waals surface area contributed by atoms with Gasteiger partial charge in [-0.25, -0.2) is 0 Å². The first-order valence-corrected chi connectivity index (χ1v) is 6.01. The number of fused-ring (bicyclic) bond motifs is 1. The topological polar surface area (TPSA) is 64.4 Å². The highest BCUT2D eigenvalue weighted by molar-refractivity contribution is 5.44. The van der Waals surface area contributed by atoms with Crippen LogP contribution < -0.4 is 22.0 Å².